The molecule has 2 rings (SSSR count). The number of nitrogens with one attached hydrogen (secondary N) is 1. The standard InChI is InChI=1S/C15H17NO5S/c1-10-8-14(11(2)21-10)22(19,20)16-13(15(17)18)9-12-6-4-3-5-7-12/h3-8,13,16H,9H2,1-2H3,(H,17,18)/t13-/m1/s1. The first-order valence-electron chi connectivity index (χ1n) is 6.65. The maximum absolute atomic E-state index is 12.3. The first-order valence-corrected chi connectivity index (χ1v) is 8.14. The molecule has 2 aromatic rings. The van der Waals surface area contributed by atoms with Crippen molar-refractivity contribution in [1.82, 2.24) is 4.72 Å². The average Bonchev–Trinajstić information content (AvgIpc) is 2.79. The van der Waals surface area contributed by atoms with Crippen molar-refractivity contribution in [2.24, 2.45) is 0 Å². The largest absolute Gasteiger partial charge is 0.480 e. The fourth-order valence-electron chi connectivity index (χ4n) is 2.15. The minimum absolute atomic E-state index is 0.0377. The Morgan fingerprint density at radius 2 is 1.91 bits per heavy atom. The molecule has 0 saturated heterocycles. The molecule has 118 valence electrons. The minimum atomic E-state index is -3.96. The lowest BCUT2D eigenvalue weighted by molar-refractivity contribution is -0.138. The molecule has 1 aromatic heterocycles. The van der Waals surface area contributed by atoms with Crippen LogP contribution in [-0.2, 0) is 21.2 Å². The molecule has 0 unspecified atom stereocenters. The van der Waals surface area contributed by atoms with Gasteiger partial charge in [-0.1, -0.05) is 30.3 Å². The number of aliphatic carboxylic acids is 1. The van der Waals surface area contributed by atoms with E-state index < -0.39 is 22.0 Å². The summed E-state index contributed by atoms with van der Waals surface area (Å²) in [7, 11) is -3.96. The van der Waals surface area contributed by atoms with Gasteiger partial charge < -0.3 is 9.52 Å². The molecule has 22 heavy (non-hydrogen) atoms. The number of sulfonamides is 1. The summed E-state index contributed by atoms with van der Waals surface area (Å²) in [4.78, 5) is 11.3. The van der Waals surface area contributed by atoms with Gasteiger partial charge in [0.15, 0.2) is 0 Å². The lowest BCUT2D eigenvalue weighted by atomic mass is 10.1. The monoisotopic (exact) mass is 323 g/mol. The zero-order valence-corrected chi connectivity index (χ0v) is 13.1. The predicted octanol–water partition coefficient (Wildman–Crippen LogP) is 1.87. The number of carboxylic acids is 1. The molecule has 1 atom stereocenters. The van der Waals surface area contributed by atoms with Gasteiger partial charge in [0, 0.05) is 0 Å². The van der Waals surface area contributed by atoms with E-state index >= 15 is 0 Å². The van der Waals surface area contributed by atoms with Crippen molar-refractivity contribution in [3.05, 3.63) is 53.5 Å². The zero-order chi connectivity index (χ0) is 16.3. The van der Waals surface area contributed by atoms with Gasteiger partial charge in [0.2, 0.25) is 10.0 Å². The predicted molar refractivity (Wildman–Crippen MR) is 80.1 cm³/mol. The van der Waals surface area contributed by atoms with Crippen LogP contribution in [0.1, 0.15) is 17.1 Å². The highest BCUT2D eigenvalue weighted by Gasteiger charge is 2.28. The second kappa shape index (κ2) is 6.33. The van der Waals surface area contributed by atoms with E-state index in [0.717, 1.165) is 5.56 Å². The Kier molecular flexibility index (Phi) is 4.68. The van der Waals surface area contributed by atoms with Crippen LogP contribution >= 0.6 is 0 Å². The number of aryl methyl sites for hydroxylation is 2. The number of rotatable bonds is 6. The molecule has 0 aliphatic rings. The van der Waals surface area contributed by atoms with Gasteiger partial charge in [0.25, 0.3) is 0 Å². The van der Waals surface area contributed by atoms with Crippen LogP contribution in [0.25, 0.3) is 0 Å². The molecule has 0 aliphatic carbocycles. The van der Waals surface area contributed by atoms with E-state index in [4.69, 9.17) is 4.42 Å². The second-order valence-electron chi connectivity index (χ2n) is 4.98. The van der Waals surface area contributed by atoms with Crippen molar-refractivity contribution >= 4 is 16.0 Å². The maximum Gasteiger partial charge on any atom is 0.322 e. The second-order valence-corrected chi connectivity index (χ2v) is 6.66. The van der Waals surface area contributed by atoms with Crippen LogP contribution in [0.5, 0.6) is 0 Å². The van der Waals surface area contributed by atoms with E-state index in [-0.39, 0.29) is 17.1 Å². The summed E-state index contributed by atoms with van der Waals surface area (Å²) in [5.74, 6) is -0.549. The molecule has 0 radical (unpaired) electrons. The molecule has 6 nitrogen and oxygen atoms in total. The normalized spacial score (nSPS) is 13.0. The minimum Gasteiger partial charge on any atom is -0.480 e. The van der Waals surface area contributed by atoms with Crippen molar-refractivity contribution < 1.29 is 22.7 Å². The first-order chi connectivity index (χ1) is 10.3. The summed E-state index contributed by atoms with van der Waals surface area (Å²) in [6.45, 7) is 3.15. The Morgan fingerprint density at radius 1 is 1.27 bits per heavy atom. The number of benzene rings is 1. The summed E-state index contributed by atoms with van der Waals surface area (Å²) in [5.41, 5.74) is 0.734. The van der Waals surface area contributed by atoms with E-state index in [0.29, 0.717) is 5.76 Å². The summed E-state index contributed by atoms with van der Waals surface area (Å²) in [6.07, 6.45) is 0.0608. The number of hydrogen-bond acceptors (Lipinski definition) is 4. The van der Waals surface area contributed by atoms with Gasteiger partial charge >= 0.3 is 5.97 Å². The fraction of sp³-hybridized carbons (Fsp3) is 0.267. The van der Waals surface area contributed by atoms with Gasteiger partial charge in [-0.05, 0) is 31.9 Å². The molecule has 1 aromatic carbocycles. The van der Waals surface area contributed by atoms with Gasteiger partial charge in [-0.3, -0.25) is 4.79 Å². The van der Waals surface area contributed by atoms with Crippen molar-refractivity contribution in [3.8, 4) is 0 Å². The number of carboxylic acid groups (broad SMARTS) is 1. The van der Waals surface area contributed by atoms with E-state index in [2.05, 4.69) is 4.72 Å². The molecule has 0 spiro atoms. The van der Waals surface area contributed by atoms with Gasteiger partial charge in [-0.15, -0.1) is 0 Å². The Balaban J connectivity index is 2.24. The lowest BCUT2D eigenvalue weighted by Gasteiger charge is -2.14. The summed E-state index contributed by atoms with van der Waals surface area (Å²) in [5, 5.41) is 9.27. The topological polar surface area (TPSA) is 96.6 Å². The van der Waals surface area contributed by atoms with Crippen LogP contribution in [0.2, 0.25) is 0 Å². The third-order valence-electron chi connectivity index (χ3n) is 3.16. The smallest absolute Gasteiger partial charge is 0.322 e. The van der Waals surface area contributed by atoms with Crippen molar-refractivity contribution in [1.29, 1.82) is 0 Å². The number of furan rings is 1. The molecule has 0 amide bonds. The zero-order valence-electron chi connectivity index (χ0n) is 12.2. The molecular formula is C15H17NO5S. The maximum atomic E-state index is 12.3. The molecule has 0 aliphatic heterocycles. The van der Waals surface area contributed by atoms with Crippen LogP contribution in [0.4, 0.5) is 0 Å². The SMILES string of the molecule is Cc1cc(S(=O)(=O)N[C@H](Cc2ccccc2)C(=O)O)c(C)o1. The van der Waals surface area contributed by atoms with Crippen LogP contribution in [0, 0.1) is 13.8 Å². The van der Waals surface area contributed by atoms with Gasteiger partial charge in [0.05, 0.1) is 0 Å². The highest BCUT2D eigenvalue weighted by atomic mass is 32.2. The molecule has 1 heterocycles. The third kappa shape index (κ3) is 3.75. The Hall–Kier alpha value is -2.12. The third-order valence-corrected chi connectivity index (χ3v) is 4.74. The molecule has 0 saturated carbocycles. The molecular weight excluding hydrogens is 306 g/mol. The Labute approximate surface area is 128 Å². The number of hydrogen-bond donors (Lipinski definition) is 2. The van der Waals surface area contributed by atoms with Crippen LogP contribution in [-0.4, -0.2) is 25.5 Å². The average molecular weight is 323 g/mol. The Morgan fingerprint density at radius 3 is 2.41 bits per heavy atom. The highest BCUT2D eigenvalue weighted by Crippen LogP contribution is 2.20. The van der Waals surface area contributed by atoms with Crippen molar-refractivity contribution in [3.63, 3.8) is 0 Å². The van der Waals surface area contributed by atoms with Gasteiger partial charge in [-0.2, -0.15) is 4.72 Å². The quantitative estimate of drug-likeness (QED) is 0.846. The van der Waals surface area contributed by atoms with Crippen molar-refractivity contribution in [2.45, 2.75) is 31.2 Å². The van der Waals surface area contributed by atoms with E-state index in [1.165, 1.54) is 13.0 Å². The van der Waals surface area contributed by atoms with Crippen molar-refractivity contribution in [2.75, 3.05) is 0 Å². The molecule has 0 fully saturated rings. The molecule has 7 heteroatoms. The van der Waals surface area contributed by atoms with Gasteiger partial charge in [-0.25, -0.2) is 8.42 Å². The Bertz CT molecular complexity index is 764. The van der Waals surface area contributed by atoms with E-state index in [1.54, 1.807) is 37.3 Å². The van der Waals surface area contributed by atoms with E-state index in [9.17, 15) is 18.3 Å². The summed E-state index contributed by atoms with van der Waals surface area (Å²) in [6, 6.07) is 8.97. The lowest BCUT2D eigenvalue weighted by Crippen LogP contribution is -2.42. The number of carbonyl (C=O) groups is 1. The molecule has 2 N–H and O–H groups in total. The van der Waals surface area contributed by atoms with Crippen LogP contribution in [0.15, 0.2) is 45.7 Å². The van der Waals surface area contributed by atoms with E-state index in [1.807, 2.05) is 0 Å². The summed E-state index contributed by atoms with van der Waals surface area (Å²) < 4.78 is 32.1. The molecule has 0 bridgehead atoms. The highest BCUT2D eigenvalue weighted by molar-refractivity contribution is 7.89. The first kappa shape index (κ1) is 16.3. The fourth-order valence-corrected chi connectivity index (χ4v) is 3.58. The summed E-state index contributed by atoms with van der Waals surface area (Å²) >= 11 is 0. The van der Waals surface area contributed by atoms with Crippen LogP contribution in [0.3, 0.4) is 0 Å². The van der Waals surface area contributed by atoms with Crippen LogP contribution < -0.4 is 4.72 Å². The van der Waals surface area contributed by atoms with Gasteiger partial charge in [0.1, 0.15) is 22.5 Å².